The number of pyridine rings is 1. The number of carboxylic acids is 1. The number of amides is 1. The van der Waals surface area contributed by atoms with Crippen LogP contribution in [0.25, 0.3) is 5.82 Å². The van der Waals surface area contributed by atoms with E-state index < -0.39 is 17.9 Å². The third-order valence-electron chi connectivity index (χ3n) is 3.46. The number of hydrogen-bond acceptors (Lipinski definition) is 4. The maximum Gasteiger partial charge on any atom is 0.326 e. The van der Waals surface area contributed by atoms with Gasteiger partial charge in [0.05, 0.1) is 11.3 Å². The zero-order chi connectivity index (χ0) is 17.1. The Labute approximate surface area is 134 Å². The molecule has 0 fully saturated rings. The van der Waals surface area contributed by atoms with Crippen molar-refractivity contribution in [3.8, 4) is 5.82 Å². The molecule has 0 aromatic carbocycles. The lowest BCUT2D eigenvalue weighted by Gasteiger charge is -2.17. The molecular formula is C16H20N4O3. The van der Waals surface area contributed by atoms with Crippen molar-refractivity contribution in [3.63, 3.8) is 0 Å². The van der Waals surface area contributed by atoms with Crippen molar-refractivity contribution in [1.82, 2.24) is 20.1 Å². The highest BCUT2D eigenvalue weighted by atomic mass is 16.4. The zero-order valence-electron chi connectivity index (χ0n) is 13.6. The van der Waals surface area contributed by atoms with Crippen LogP contribution in [0.3, 0.4) is 0 Å². The minimum Gasteiger partial charge on any atom is -0.480 e. The number of rotatable bonds is 5. The Morgan fingerprint density at radius 3 is 2.39 bits per heavy atom. The predicted molar refractivity (Wildman–Crippen MR) is 84.6 cm³/mol. The van der Waals surface area contributed by atoms with Gasteiger partial charge in [0.25, 0.3) is 5.91 Å². The molecule has 0 spiro atoms. The number of hydrogen-bond donors (Lipinski definition) is 2. The highest BCUT2D eigenvalue weighted by Crippen LogP contribution is 2.11. The number of aliphatic carboxylic acids is 1. The van der Waals surface area contributed by atoms with Gasteiger partial charge in [-0.25, -0.2) is 14.5 Å². The van der Waals surface area contributed by atoms with E-state index in [0.29, 0.717) is 11.4 Å². The molecule has 0 aliphatic rings. The molecule has 2 aromatic heterocycles. The van der Waals surface area contributed by atoms with Crippen LogP contribution in [0.1, 0.15) is 35.6 Å². The van der Waals surface area contributed by atoms with E-state index >= 15 is 0 Å². The monoisotopic (exact) mass is 316 g/mol. The molecule has 2 N–H and O–H groups in total. The van der Waals surface area contributed by atoms with Crippen LogP contribution >= 0.6 is 0 Å². The van der Waals surface area contributed by atoms with Crippen LogP contribution in [0.4, 0.5) is 0 Å². The average Bonchev–Trinajstić information content (AvgIpc) is 2.82. The lowest BCUT2D eigenvalue weighted by Crippen LogP contribution is -2.44. The number of carboxylic acid groups (broad SMARTS) is 1. The van der Waals surface area contributed by atoms with Gasteiger partial charge in [-0.05, 0) is 38.0 Å². The fourth-order valence-corrected chi connectivity index (χ4v) is 2.24. The zero-order valence-corrected chi connectivity index (χ0v) is 13.6. The van der Waals surface area contributed by atoms with E-state index in [4.69, 9.17) is 5.11 Å². The molecule has 2 aromatic rings. The molecule has 0 bridgehead atoms. The lowest BCUT2D eigenvalue weighted by molar-refractivity contribution is -0.140. The van der Waals surface area contributed by atoms with Crippen molar-refractivity contribution >= 4 is 11.9 Å². The van der Waals surface area contributed by atoms with Gasteiger partial charge in [0.15, 0.2) is 5.82 Å². The van der Waals surface area contributed by atoms with Crippen LogP contribution < -0.4 is 5.32 Å². The van der Waals surface area contributed by atoms with Crippen molar-refractivity contribution < 1.29 is 14.7 Å². The molecule has 0 saturated carbocycles. The summed E-state index contributed by atoms with van der Waals surface area (Å²) in [5.41, 5.74) is 2.13. The first-order chi connectivity index (χ1) is 10.8. The fourth-order valence-electron chi connectivity index (χ4n) is 2.24. The third-order valence-corrected chi connectivity index (χ3v) is 3.46. The predicted octanol–water partition coefficient (Wildman–Crippen LogP) is 1.72. The Hall–Kier alpha value is -2.70. The molecule has 1 atom stereocenters. The molecule has 23 heavy (non-hydrogen) atoms. The van der Waals surface area contributed by atoms with Crippen LogP contribution in [0.2, 0.25) is 0 Å². The number of carbonyl (C=O) groups excluding carboxylic acids is 1. The molecular weight excluding hydrogens is 296 g/mol. The minimum atomic E-state index is -1.06. The van der Waals surface area contributed by atoms with Gasteiger partial charge >= 0.3 is 5.97 Å². The summed E-state index contributed by atoms with van der Waals surface area (Å²) in [7, 11) is 0. The second kappa shape index (κ2) is 6.60. The first kappa shape index (κ1) is 16.7. The summed E-state index contributed by atoms with van der Waals surface area (Å²) in [5.74, 6) is -1.12. The van der Waals surface area contributed by atoms with Crippen molar-refractivity contribution in [1.29, 1.82) is 0 Å². The first-order valence-corrected chi connectivity index (χ1v) is 7.33. The second-order valence-electron chi connectivity index (χ2n) is 5.78. The molecule has 2 heterocycles. The Kier molecular flexibility index (Phi) is 4.78. The quantitative estimate of drug-likeness (QED) is 0.875. The third kappa shape index (κ3) is 3.74. The van der Waals surface area contributed by atoms with Gasteiger partial charge < -0.3 is 10.4 Å². The molecule has 7 heteroatoms. The van der Waals surface area contributed by atoms with E-state index in [1.165, 1.54) is 6.20 Å². The Morgan fingerprint density at radius 2 is 1.96 bits per heavy atom. The maximum atomic E-state index is 12.1. The van der Waals surface area contributed by atoms with Crippen molar-refractivity contribution in [2.45, 2.75) is 33.7 Å². The Bertz CT molecular complexity index is 719. The second-order valence-corrected chi connectivity index (χ2v) is 5.78. The van der Waals surface area contributed by atoms with Crippen LogP contribution in [0.15, 0.2) is 24.4 Å². The van der Waals surface area contributed by atoms with Crippen molar-refractivity contribution in [2.75, 3.05) is 0 Å². The van der Waals surface area contributed by atoms with Crippen LogP contribution in [-0.2, 0) is 4.79 Å². The van der Waals surface area contributed by atoms with Gasteiger partial charge in [-0.3, -0.25) is 4.79 Å². The molecule has 122 valence electrons. The summed E-state index contributed by atoms with van der Waals surface area (Å²) >= 11 is 0. The molecule has 0 aliphatic heterocycles. The summed E-state index contributed by atoms with van der Waals surface area (Å²) < 4.78 is 1.69. The number of aromatic nitrogens is 3. The van der Waals surface area contributed by atoms with Gasteiger partial charge in [-0.1, -0.05) is 13.8 Å². The molecule has 0 aliphatic carbocycles. The van der Waals surface area contributed by atoms with Crippen LogP contribution in [0.5, 0.6) is 0 Å². The number of carbonyl (C=O) groups is 2. The fraction of sp³-hybridized carbons (Fsp3) is 0.375. The van der Waals surface area contributed by atoms with E-state index in [9.17, 15) is 9.59 Å². The van der Waals surface area contributed by atoms with Gasteiger partial charge in [-0.15, -0.1) is 0 Å². The summed E-state index contributed by atoms with van der Waals surface area (Å²) in [6.07, 6.45) is 1.42. The molecule has 0 saturated heterocycles. The highest BCUT2D eigenvalue weighted by molar-refractivity contribution is 5.96. The smallest absolute Gasteiger partial charge is 0.326 e. The normalized spacial score (nSPS) is 12.2. The maximum absolute atomic E-state index is 12.1. The van der Waals surface area contributed by atoms with E-state index in [0.717, 1.165) is 11.4 Å². The number of aryl methyl sites for hydroxylation is 2. The van der Waals surface area contributed by atoms with E-state index in [1.54, 1.807) is 30.7 Å². The number of nitrogens with zero attached hydrogens (tertiary/aromatic N) is 3. The van der Waals surface area contributed by atoms with Crippen LogP contribution in [-0.4, -0.2) is 37.8 Å². The Balaban J connectivity index is 2.17. The van der Waals surface area contributed by atoms with Crippen molar-refractivity contribution in [3.05, 3.63) is 41.3 Å². The van der Waals surface area contributed by atoms with E-state index in [-0.39, 0.29) is 5.92 Å². The van der Waals surface area contributed by atoms with Gasteiger partial charge in [0, 0.05) is 11.9 Å². The molecule has 7 nitrogen and oxygen atoms in total. The van der Waals surface area contributed by atoms with Gasteiger partial charge in [-0.2, -0.15) is 5.10 Å². The summed E-state index contributed by atoms with van der Waals surface area (Å²) in [5, 5.41) is 16.0. The molecule has 0 unspecified atom stereocenters. The average molecular weight is 316 g/mol. The van der Waals surface area contributed by atoms with Crippen LogP contribution in [0, 0.1) is 19.8 Å². The molecule has 1 amide bonds. The van der Waals surface area contributed by atoms with E-state index in [2.05, 4.69) is 15.4 Å². The molecule has 0 radical (unpaired) electrons. The van der Waals surface area contributed by atoms with Gasteiger partial charge in [0.2, 0.25) is 0 Å². The summed E-state index contributed by atoms with van der Waals surface area (Å²) in [6.45, 7) is 7.29. The SMILES string of the molecule is Cc1cc(C)n(-c2ccc(C(=O)N[C@H](C(=O)O)C(C)C)cn2)n1. The standard InChI is InChI=1S/C16H20N4O3/c1-9(2)14(16(22)23)18-15(21)12-5-6-13(17-8-12)20-11(4)7-10(3)19-20/h5-9,14H,1-4H3,(H,18,21)(H,22,23)/t14-/m0/s1. The topological polar surface area (TPSA) is 97.1 Å². The van der Waals surface area contributed by atoms with Crippen molar-refractivity contribution in [2.24, 2.45) is 5.92 Å². The largest absolute Gasteiger partial charge is 0.480 e. The number of nitrogens with one attached hydrogen (secondary N) is 1. The summed E-state index contributed by atoms with van der Waals surface area (Å²) in [6, 6.07) is 4.29. The highest BCUT2D eigenvalue weighted by Gasteiger charge is 2.24. The first-order valence-electron chi connectivity index (χ1n) is 7.33. The summed E-state index contributed by atoms with van der Waals surface area (Å²) in [4.78, 5) is 27.5. The van der Waals surface area contributed by atoms with Gasteiger partial charge in [0.1, 0.15) is 6.04 Å². The Morgan fingerprint density at radius 1 is 1.26 bits per heavy atom. The molecule has 2 rings (SSSR count). The lowest BCUT2D eigenvalue weighted by atomic mass is 10.0. The minimum absolute atomic E-state index is 0.210. The van der Waals surface area contributed by atoms with E-state index in [1.807, 2.05) is 19.9 Å².